The first-order chi connectivity index (χ1) is 10.3. The first-order valence-corrected chi connectivity index (χ1v) is 8.86. The van der Waals surface area contributed by atoms with Crippen LogP contribution in [0.3, 0.4) is 0 Å². The Morgan fingerprint density at radius 2 is 1.86 bits per heavy atom. The maximum absolute atomic E-state index is 12.3. The lowest BCUT2D eigenvalue weighted by Gasteiger charge is -2.45. The monoisotopic (exact) mass is 292 g/mol. The van der Waals surface area contributed by atoms with Gasteiger partial charge >= 0.3 is 0 Å². The van der Waals surface area contributed by atoms with E-state index in [1.807, 2.05) is 0 Å². The van der Waals surface area contributed by atoms with Crippen molar-refractivity contribution in [2.45, 2.75) is 50.5 Å². The first-order valence-electron chi connectivity index (χ1n) is 8.86. The van der Waals surface area contributed by atoms with Gasteiger partial charge in [-0.15, -0.1) is 0 Å². The van der Waals surface area contributed by atoms with Gasteiger partial charge in [-0.2, -0.15) is 0 Å². The van der Waals surface area contributed by atoms with E-state index in [1.54, 1.807) is 0 Å². The molecule has 1 atom stereocenters. The molecule has 0 aromatic rings. The minimum absolute atomic E-state index is 0.225. The summed E-state index contributed by atoms with van der Waals surface area (Å²) < 4.78 is 5.49. The fraction of sp³-hybridized carbons (Fsp3) is 0.941. The summed E-state index contributed by atoms with van der Waals surface area (Å²) >= 11 is 0. The molecule has 4 fully saturated rings. The van der Waals surface area contributed by atoms with Gasteiger partial charge in [-0.05, 0) is 50.4 Å². The molecule has 3 saturated heterocycles. The number of hydrogen-bond acceptors (Lipinski definition) is 3. The highest BCUT2D eigenvalue weighted by molar-refractivity contribution is 5.79. The molecular formula is C17H28N2O2. The van der Waals surface area contributed by atoms with E-state index in [4.69, 9.17) is 4.74 Å². The third-order valence-corrected chi connectivity index (χ3v) is 6.14. The van der Waals surface area contributed by atoms with Crippen molar-refractivity contribution in [1.29, 1.82) is 0 Å². The van der Waals surface area contributed by atoms with E-state index in [0.717, 1.165) is 44.4 Å². The zero-order valence-corrected chi connectivity index (χ0v) is 13.1. The van der Waals surface area contributed by atoms with E-state index >= 15 is 0 Å². The number of carbonyl (C=O) groups is 1. The molecule has 4 nitrogen and oxygen atoms in total. The predicted molar refractivity (Wildman–Crippen MR) is 81.0 cm³/mol. The van der Waals surface area contributed by atoms with Crippen LogP contribution >= 0.6 is 0 Å². The van der Waals surface area contributed by atoms with E-state index in [9.17, 15) is 4.79 Å². The van der Waals surface area contributed by atoms with Gasteiger partial charge in [-0.25, -0.2) is 0 Å². The molecule has 3 heterocycles. The minimum atomic E-state index is 0.225. The Bertz CT molecular complexity index is 394. The van der Waals surface area contributed by atoms with Crippen molar-refractivity contribution in [2.24, 2.45) is 11.8 Å². The average molecular weight is 292 g/mol. The lowest BCUT2D eigenvalue weighted by molar-refractivity contribution is -0.132. The fourth-order valence-electron chi connectivity index (χ4n) is 4.49. The van der Waals surface area contributed by atoms with Crippen molar-refractivity contribution < 1.29 is 9.53 Å². The molecule has 1 saturated carbocycles. The standard InChI is InChI=1S/C17H28N2O2/c20-16-3-5-17(19(16)12-14-1-2-14)6-8-18(9-7-17)11-15-4-10-21-13-15/h14-15H,1-13H2. The Morgan fingerprint density at radius 3 is 2.52 bits per heavy atom. The SMILES string of the molecule is O=C1CCC2(CCN(CC3CCOC3)CC2)N1CC1CC1. The van der Waals surface area contributed by atoms with Crippen LogP contribution in [0.2, 0.25) is 0 Å². The lowest BCUT2D eigenvalue weighted by Crippen LogP contribution is -2.54. The summed E-state index contributed by atoms with van der Waals surface area (Å²) in [6.07, 6.45) is 8.20. The van der Waals surface area contributed by atoms with Crippen LogP contribution in [0.15, 0.2) is 0 Å². The number of amides is 1. The molecule has 4 heteroatoms. The average Bonchev–Trinajstić information content (AvgIpc) is 3.09. The second-order valence-electron chi connectivity index (χ2n) is 7.70. The van der Waals surface area contributed by atoms with Crippen LogP contribution in [0.1, 0.15) is 44.9 Å². The van der Waals surface area contributed by atoms with E-state index in [-0.39, 0.29) is 5.54 Å². The second kappa shape index (κ2) is 5.54. The van der Waals surface area contributed by atoms with Crippen LogP contribution in [-0.4, -0.2) is 60.6 Å². The molecule has 3 aliphatic heterocycles. The van der Waals surface area contributed by atoms with Crippen molar-refractivity contribution in [3.05, 3.63) is 0 Å². The lowest BCUT2D eigenvalue weighted by atomic mass is 9.84. The van der Waals surface area contributed by atoms with Gasteiger partial charge in [-0.1, -0.05) is 0 Å². The Hall–Kier alpha value is -0.610. The number of carbonyl (C=O) groups excluding carboxylic acids is 1. The van der Waals surface area contributed by atoms with Crippen LogP contribution in [-0.2, 0) is 9.53 Å². The molecule has 4 aliphatic rings. The topological polar surface area (TPSA) is 32.8 Å². The zero-order chi connectivity index (χ0) is 14.3. The normalized spacial score (nSPS) is 33.2. The molecule has 4 rings (SSSR count). The molecule has 1 spiro atoms. The summed E-state index contributed by atoms with van der Waals surface area (Å²) in [6.45, 7) is 6.50. The van der Waals surface area contributed by atoms with Gasteiger partial charge in [0.1, 0.15) is 0 Å². The molecule has 0 bridgehead atoms. The number of likely N-dealkylation sites (tertiary alicyclic amines) is 2. The highest BCUT2D eigenvalue weighted by Crippen LogP contribution is 2.42. The highest BCUT2D eigenvalue weighted by atomic mass is 16.5. The van der Waals surface area contributed by atoms with E-state index in [1.165, 1.54) is 51.7 Å². The Morgan fingerprint density at radius 1 is 1.05 bits per heavy atom. The maximum Gasteiger partial charge on any atom is 0.223 e. The molecule has 0 aromatic carbocycles. The third kappa shape index (κ3) is 2.85. The zero-order valence-electron chi connectivity index (χ0n) is 13.1. The number of nitrogens with zero attached hydrogens (tertiary/aromatic N) is 2. The third-order valence-electron chi connectivity index (χ3n) is 6.14. The Balaban J connectivity index is 1.35. The Labute approximate surface area is 127 Å². The summed E-state index contributed by atoms with van der Waals surface area (Å²) in [4.78, 5) is 17.2. The van der Waals surface area contributed by atoms with Crippen molar-refractivity contribution in [1.82, 2.24) is 9.80 Å². The molecule has 1 amide bonds. The number of piperidine rings is 1. The molecule has 0 aromatic heterocycles. The number of hydrogen-bond donors (Lipinski definition) is 0. The van der Waals surface area contributed by atoms with Gasteiger partial charge in [0.15, 0.2) is 0 Å². The van der Waals surface area contributed by atoms with Crippen LogP contribution in [0.4, 0.5) is 0 Å². The minimum Gasteiger partial charge on any atom is -0.381 e. The van der Waals surface area contributed by atoms with Crippen molar-refractivity contribution in [3.63, 3.8) is 0 Å². The smallest absolute Gasteiger partial charge is 0.223 e. The predicted octanol–water partition coefficient (Wildman–Crippen LogP) is 1.89. The second-order valence-corrected chi connectivity index (χ2v) is 7.70. The summed E-state index contributed by atoms with van der Waals surface area (Å²) in [5, 5.41) is 0. The molecular weight excluding hydrogens is 264 g/mol. The summed E-state index contributed by atoms with van der Waals surface area (Å²) in [7, 11) is 0. The van der Waals surface area contributed by atoms with E-state index < -0.39 is 0 Å². The van der Waals surface area contributed by atoms with Gasteiger partial charge in [0.25, 0.3) is 0 Å². The molecule has 21 heavy (non-hydrogen) atoms. The Kier molecular flexibility index (Phi) is 3.70. The number of ether oxygens (including phenoxy) is 1. The maximum atomic E-state index is 12.3. The first kappa shape index (κ1) is 14.0. The van der Waals surface area contributed by atoms with Crippen LogP contribution in [0.5, 0.6) is 0 Å². The molecule has 0 radical (unpaired) electrons. The van der Waals surface area contributed by atoms with Crippen molar-refractivity contribution in [2.75, 3.05) is 39.4 Å². The van der Waals surface area contributed by atoms with Gasteiger partial charge in [0.05, 0.1) is 6.61 Å². The van der Waals surface area contributed by atoms with Gasteiger partial charge < -0.3 is 14.5 Å². The summed E-state index contributed by atoms with van der Waals surface area (Å²) in [5.74, 6) is 1.99. The van der Waals surface area contributed by atoms with Crippen molar-refractivity contribution >= 4 is 5.91 Å². The highest BCUT2D eigenvalue weighted by Gasteiger charge is 2.48. The molecule has 0 N–H and O–H groups in total. The molecule has 1 unspecified atom stereocenters. The van der Waals surface area contributed by atoms with Gasteiger partial charge in [0.2, 0.25) is 5.91 Å². The van der Waals surface area contributed by atoms with Crippen LogP contribution in [0, 0.1) is 11.8 Å². The molecule has 1 aliphatic carbocycles. The molecule has 118 valence electrons. The van der Waals surface area contributed by atoms with Crippen LogP contribution < -0.4 is 0 Å². The van der Waals surface area contributed by atoms with Crippen molar-refractivity contribution in [3.8, 4) is 0 Å². The van der Waals surface area contributed by atoms with E-state index in [0.29, 0.717) is 5.91 Å². The van der Waals surface area contributed by atoms with Crippen LogP contribution in [0.25, 0.3) is 0 Å². The largest absolute Gasteiger partial charge is 0.381 e. The number of rotatable bonds is 4. The summed E-state index contributed by atoms with van der Waals surface area (Å²) in [5.41, 5.74) is 0.225. The van der Waals surface area contributed by atoms with Gasteiger partial charge in [-0.3, -0.25) is 4.79 Å². The summed E-state index contributed by atoms with van der Waals surface area (Å²) in [6, 6.07) is 0. The van der Waals surface area contributed by atoms with Gasteiger partial charge in [0, 0.05) is 44.7 Å². The quantitative estimate of drug-likeness (QED) is 0.793. The van der Waals surface area contributed by atoms with E-state index in [2.05, 4.69) is 9.80 Å². The fourth-order valence-corrected chi connectivity index (χ4v) is 4.49.